The van der Waals surface area contributed by atoms with Gasteiger partial charge in [-0.05, 0) is 37.5 Å². The summed E-state index contributed by atoms with van der Waals surface area (Å²) in [7, 11) is 0. The topological polar surface area (TPSA) is 67.1 Å². The first kappa shape index (κ1) is 15.5. The van der Waals surface area contributed by atoms with E-state index in [2.05, 4.69) is 33.7 Å². The van der Waals surface area contributed by atoms with Crippen molar-refractivity contribution in [2.45, 2.75) is 32.6 Å². The number of hydrogen-bond acceptors (Lipinski definition) is 5. The van der Waals surface area contributed by atoms with Gasteiger partial charge in [-0.1, -0.05) is 13.3 Å². The molecule has 0 spiro atoms. The first-order valence-electron chi connectivity index (χ1n) is 7.95. The molecule has 2 heterocycles. The number of aromatic nitrogens is 2. The number of nitrogens with one attached hydrogen (secondary N) is 1. The summed E-state index contributed by atoms with van der Waals surface area (Å²) in [4.78, 5) is 11.3. The predicted molar refractivity (Wildman–Crippen MR) is 91.0 cm³/mol. The Labute approximate surface area is 135 Å². The molecular formula is C17H21FN5. The van der Waals surface area contributed by atoms with Crippen molar-refractivity contribution in [3.05, 3.63) is 42.3 Å². The summed E-state index contributed by atoms with van der Waals surface area (Å²) >= 11 is 0. The van der Waals surface area contributed by atoms with Crippen molar-refractivity contribution >= 4 is 23.1 Å². The summed E-state index contributed by atoms with van der Waals surface area (Å²) in [5.74, 6) is 0.986. The fraction of sp³-hybridized carbons (Fsp3) is 0.353. The van der Waals surface area contributed by atoms with E-state index in [1.54, 1.807) is 12.1 Å². The van der Waals surface area contributed by atoms with Crippen LogP contribution in [0, 0.1) is 12.4 Å². The number of nitrogens with two attached hydrogens (primary N) is 1. The highest BCUT2D eigenvalue weighted by molar-refractivity contribution is 5.61. The summed E-state index contributed by atoms with van der Waals surface area (Å²) in [6.07, 6.45) is 4.13. The van der Waals surface area contributed by atoms with Crippen molar-refractivity contribution in [2.24, 2.45) is 0 Å². The second kappa shape index (κ2) is 6.81. The van der Waals surface area contributed by atoms with E-state index in [0.29, 0.717) is 11.6 Å². The molecule has 0 saturated carbocycles. The van der Waals surface area contributed by atoms with E-state index in [-0.39, 0.29) is 5.69 Å². The number of rotatable bonds is 5. The number of hydrogen-bond donors (Lipinski definition) is 2. The van der Waals surface area contributed by atoms with Crippen LogP contribution in [0.1, 0.15) is 31.9 Å². The smallest absolute Gasteiger partial charge is 0.229 e. The van der Waals surface area contributed by atoms with Crippen LogP contribution in [0.3, 0.4) is 0 Å². The second-order valence-corrected chi connectivity index (χ2v) is 5.67. The number of nitrogens with zero attached hydrogens (tertiary/aromatic N) is 3. The molecule has 1 aliphatic rings. The zero-order valence-electron chi connectivity index (χ0n) is 13.2. The molecule has 1 fully saturated rings. The SMILES string of the molecule is CCCc1cc(N2[CH]CCC2)nc(Nc2ccc(F)c(N)c2)n1. The fourth-order valence-corrected chi connectivity index (χ4v) is 2.63. The van der Waals surface area contributed by atoms with Crippen LogP contribution in [-0.4, -0.2) is 16.5 Å². The molecule has 3 rings (SSSR count). The molecule has 6 heteroatoms. The third-order valence-corrected chi connectivity index (χ3v) is 3.77. The Morgan fingerprint density at radius 2 is 2.17 bits per heavy atom. The quantitative estimate of drug-likeness (QED) is 0.825. The zero-order valence-corrected chi connectivity index (χ0v) is 13.2. The largest absolute Gasteiger partial charge is 0.396 e. The molecule has 2 aromatic rings. The summed E-state index contributed by atoms with van der Waals surface area (Å²) in [5, 5.41) is 3.13. The predicted octanol–water partition coefficient (Wildman–Crippen LogP) is 3.66. The summed E-state index contributed by atoms with van der Waals surface area (Å²) in [5.41, 5.74) is 7.39. The van der Waals surface area contributed by atoms with Crippen molar-refractivity contribution in [1.29, 1.82) is 0 Å². The van der Waals surface area contributed by atoms with E-state index < -0.39 is 5.82 Å². The van der Waals surface area contributed by atoms with Gasteiger partial charge in [0.2, 0.25) is 5.95 Å². The molecular weight excluding hydrogens is 293 g/mol. The average molecular weight is 314 g/mol. The molecule has 0 atom stereocenters. The van der Waals surface area contributed by atoms with Gasteiger partial charge in [0.05, 0.1) is 12.2 Å². The lowest BCUT2D eigenvalue weighted by atomic mass is 10.2. The number of aryl methyl sites for hydroxylation is 1. The minimum Gasteiger partial charge on any atom is -0.396 e. The van der Waals surface area contributed by atoms with Gasteiger partial charge in [0.1, 0.15) is 11.6 Å². The Morgan fingerprint density at radius 3 is 2.87 bits per heavy atom. The maximum Gasteiger partial charge on any atom is 0.229 e. The van der Waals surface area contributed by atoms with Crippen LogP contribution in [0.2, 0.25) is 0 Å². The first-order valence-corrected chi connectivity index (χ1v) is 7.95. The van der Waals surface area contributed by atoms with E-state index in [1.165, 1.54) is 6.07 Å². The standard InChI is InChI=1S/C17H21FN5/c1-2-5-12-11-16(23-8-3-4-9-23)22-17(20-12)21-13-6-7-14(18)15(19)10-13/h6-8,10-11H,2-5,9,19H2,1H3,(H,20,21,22). The Morgan fingerprint density at radius 1 is 1.30 bits per heavy atom. The van der Waals surface area contributed by atoms with Crippen LogP contribution in [0.5, 0.6) is 0 Å². The highest BCUT2D eigenvalue weighted by Crippen LogP contribution is 2.25. The first-order chi connectivity index (χ1) is 11.2. The van der Waals surface area contributed by atoms with E-state index in [4.69, 9.17) is 5.73 Å². The Hall–Kier alpha value is -2.37. The van der Waals surface area contributed by atoms with Crippen LogP contribution >= 0.6 is 0 Å². The molecule has 0 aliphatic carbocycles. The van der Waals surface area contributed by atoms with Crippen LogP contribution in [0.15, 0.2) is 24.3 Å². The molecule has 121 valence electrons. The third-order valence-electron chi connectivity index (χ3n) is 3.77. The number of benzene rings is 1. The number of halogens is 1. The summed E-state index contributed by atoms with van der Waals surface area (Å²) in [6.45, 7) is 5.26. The van der Waals surface area contributed by atoms with E-state index in [1.807, 2.05) is 6.07 Å². The van der Waals surface area contributed by atoms with Crippen molar-refractivity contribution < 1.29 is 4.39 Å². The lowest BCUT2D eigenvalue weighted by Gasteiger charge is -2.18. The molecule has 1 aromatic carbocycles. The monoisotopic (exact) mass is 314 g/mol. The van der Waals surface area contributed by atoms with E-state index in [9.17, 15) is 4.39 Å². The zero-order chi connectivity index (χ0) is 16.2. The minimum absolute atomic E-state index is 0.104. The van der Waals surface area contributed by atoms with Crippen molar-refractivity contribution in [3.63, 3.8) is 0 Å². The molecule has 5 nitrogen and oxygen atoms in total. The van der Waals surface area contributed by atoms with Gasteiger partial charge in [0.25, 0.3) is 0 Å². The van der Waals surface area contributed by atoms with Crippen LogP contribution in [0.4, 0.5) is 27.5 Å². The fourth-order valence-electron chi connectivity index (χ4n) is 2.63. The Kier molecular flexibility index (Phi) is 4.60. The normalized spacial score (nSPS) is 14.3. The van der Waals surface area contributed by atoms with Crippen LogP contribution in [0.25, 0.3) is 0 Å². The van der Waals surface area contributed by atoms with Crippen molar-refractivity contribution in [1.82, 2.24) is 9.97 Å². The molecule has 23 heavy (non-hydrogen) atoms. The lowest BCUT2D eigenvalue weighted by Crippen LogP contribution is -2.17. The molecule has 1 saturated heterocycles. The third kappa shape index (κ3) is 3.70. The minimum atomic E-state index is -0.427. The Bertz CT molecular complexity index is 683. The molecule has 1 aliphatic heterocycles. The summed E-state index contributed by atoms with van der Waals surface area (Å²) in [6, 6.07) is 6.55. The lowest BCUT2D eigenvalue weighted by molar-refractivity contribution is 0.632. The van der Waals surface area contributed by atoms with Gasteiger partial charge < -0.3 is 16.0 Å². The van der Waals surface area contributed by atoms with Gasteiger partial charge in [-0.15, -0.1) is 0 Å². The van der Waals surface area contributed by atoms with Crippen molar-refractivity contribution in [2.75, 3.05) is 22.5 Å². The molecule has 1 radical (unpaired) electrons. The molecule has 1 aromatic heterocycles. The maximum atomic E-state index is 13.3. The van der Waals surface area contributed by atoms with Crippen LogP contribution in [-0.2, 0) is 6.42 Å². The maximum absolute atomic E-state index is 13.3. The van der Waals surface area contributed by atoms with E-state index in [0.717, 1.165) is 43.7 Å². The van der Waals surface area contributed by atoms with Gasteiger partial charge in [0.15, 0.2) is 0 Å². The van der Waals surface area contributed by atoms with Gasteiger partial charge in [-0.25, -0.2) is 9.37 Å². The molecule has 0 amide bonds. The average Bonchev–Trinajstić information content (AvgIpc) is 3.06. The summed E-state index contributed by atoms with van der Waals surface area (Å²) < 4.78 is 13.3. The van der Waals surface area contributed by atoms with Crippen LogP contribution < -0.4 is 16.0 Å². The number of anilines is 4. The van der Waals surface area contributed by atoms with Crippen molar-refractivity contribution in [3.8, 4) is 0 Å². The Balaban J connectivity index is 1.88. The van der Waals surface area contributed by atoms with Gasteiger partial charge in [0, 0.05) is 24.0 Å². The second-order valence-electron chi connectivity index (χ2n) is 5.67. The number of nitrogen functional groups attached to an aromatic ring is 1. The highest BCUT2D eigenvalue weighted by atomic mass is 19.1. The van der Waals surface area contributed by atoms with E-state index >= 15 is 0 Å². The molecule has 0 unspecified atom stereocenters. The molecule has 0 bridgehead atoms. The van der Waals surface area contributed by atoms with Gasteiger partial charge in [-0.2, -0.15) is 4.98 Å². The highest BCUT2D eigenvalue weighted by Gasteiger charge is 2.16. The molecule has 3 N–H and O–H groups in total. The van der Waals surface area contributed by atoms with Gasteiger partial charge in [-0.3, -0.25) is 0 Å². The van der Waals surface area contributed by atoms with Gasteiger partial charge >= 0.3 is 0 Å².